The Hall–Kier alpha value is -2.37. The lowest BCUT2D eigenvalue weighted by Crippen LogP contribution is -2.37. The van der Waals surface area contributed by atoms with E-state index in [4.69, 9.17) is 0 Å². The van der Waals surface area contributed by atoms with Crippen LogP contribution in [-0.2, 0) is 13.1 Å². The van der Waals surface area contributed by atoms with Crippen LogP contribution in [0.2, 0.25) is 0 Å². The van der Waals surface area contributed by atoms with Gasteiger partial charge in [-0.25, -0.2) is 14.2 Å². The number of halogens is 1. The van der Waals surface area contributed by atoms with E-state index in [9.17, 15) is 9.18 Å². The molecular formula is C17H21FN4O. The smallest absolute Gasteiger partial charge is 0.315 e. The summed E-state index contributed by atoms with van der Waals surface area (Å²) in [7, 11) is 0. The fraction of sp³-hybridized carbons (Fsp3) is 0.412. The Balaban J connectivity index is 1.42. The molecule has 1 fully saturated rings. The van der Waals surface area contributed by atoms with Gasteiger partial charge in [-0.3, -0.25) is 0 Å². The topological polar surface area (TPSA) is 59.0 Å². The minimum absolute atomic E-state index is 0.222. The van der Waals surface area contributed by atoms with Gasteiger partial charge in [0.05, 0.1) is 0 Å². The molecule has 0 bridgehead atoms. The van der Waals surface area contributed by atoms with E-state index in [-0.39, 0.29) is 11.8 Å². The Bertz CT molecular complexity index is 676. The van der Waals surface area contributed by atoms with Crippen molar-refractivity contribution in [3.63, 3.8) is 0 Å². The predicted octanol–water partition coefficient (Wildman–Crippen LogP) is 2.71. The van der Waals surface area contributed by atoms with E-state index >= 15 is 0 Å². The zero-order valence-electron chi connectivity index (χ0n) is 13.2. The predicted molar refractivity (Wildman–Crippen MR) is 85.6 cm³/mol. The molecule has 0 saturated heterocycles. The summed E-state index contributed by atoms with van der Waals surface area (Å²) < 4.78 is 15.0. The average molecular weight is 316 g/mol. The number of rotatable bonds is 6. The summed E-state index contributed by atoms with van der Waals surface area (Å²) in [6, 6.07) is 5.87. The Morgan fingerprint density at radius 3 is 2.74 bits per heavy atom. The number of hydrogen-bond donors (Lipinski definition) is 2. The van der Waals surface area contributed by atoms with Gasteiger partial charge >= 0.3 is 6.03 Å². The van der Waals surface area contributed by atoms with Crippen molar-refractivity contribution in [1.82, 2.24) is 20.2 Å². The second-order valence-corrected chi connectivity index (χ2v) is 5.92. The Kier molecular flexibility index (Phi) is 4.60. The average Bonchev–Trinajstić information content (AvgIpc) is 3.32. The molecular weight excluding hydrogens is 295 g/mol. The first-order chi connectivity index (χ1) is 11.1. The number of aromatic nitrogens is 2. The fourth-order valence-corrected chi connectivity index (χ4v) is 2.57. The molecule has 6 heteroatoms. The van der Waals surface area contributed by atoms with Gasteiger partial charge < -0.3 is 15.2 Å². The van der Waals surface area contributed by atoms with Crippen LogP contribution in [0.25, 0.3) is 0 Å². The number of hydrogen-bond acceptors (Lipinski definition) is 2. The summed E-state index contributed by atoms with van der Waals surface area (Å²) in [6.07, 6.45) is 4.31. The van der Waals surface area contributed by atoms with E-state index in [1.54, 1.807) is 12.1 Å². The zero-order valence-corrected chi connectivity index (χ0v) is 13.2. The van der Waals surface area contributed by atoms with Crippen LogP contribution in [0.5, 0.6) is 0 Å². The van der Waals surface area contributed by atoms with Gasteiger partial charge in [0.25, 0.3) is 0 Å². The molecule has 1 aromatic heterocycles. The first-order valence-electron chi connectivity index (χ1n) is 7.91. The lowest BCUT2D eigenvalue weighted by molar-refractivity contribution is 0.240. The number of urea groups is 1. The van der Waals surface area contributed by atoms with Crippen molar-refractivity contribution in [3.8, 4) is 0 Å². The van der Waals surface area contributed by atoms with Crippen molar-refractivity contribution in [2.24, 2.45) is 0 Å². The van der Waals surface area contributed by atoms with E-state index in [2.05, 4.69) is 20.2 Å². The molecule has 2 N–H and O–H groups in total. The van der Waals surface area contributed by atoms with Crippen molar-refractivity contribution in [3.05, 3.63) is 53.4 Å². The number of carbonyl (C=O) groups excluding carboxylic acids is 1. The monoisotopic (exact) mass is 316 g/mol. The summed E-state index contributed by atoms with van der Waals surface area (Å²) >= 11 is 0. The molecule has 2 aromatic rings. The highest BCUT2D eigenvalue weighted by atomic mass is 19.1. The van der Waals surface area contributed by atoms with Gasteiger partial charge in [-0.15, -0.1) is 0 Å². The van der Waals surface area contributed by atoms with Crippen molar-refractivity contribution >= 4 is 6.03 Å². The molecule has 0 unspecified atom stereocenters. The van der Waals surface area contributed by atoms with E-state index < -0.39 is 0 Å². The van der Waals surface area contributed by atoms with E-state index in [1.807, 2.05) is 13.1 Å². The van der Waals surface area contributed by atoms with Crippen LogP contribution >= 0.6 is 0 Å². The molecule has 0 spiro atoms. The van der Waals surface area contributed by atoms with Gasteiger partial charge in [0.2, 0.25) is 0 Å². The van der Waals surface area contributed by atoms with Crippen molar-refractivity contribution in [1.29, 1.82) is 0 Å². The summed E-state index contributed by atoms with van der Waals surface area (Å²) in [6.45, 7) is 3.69. The summed E-state index contributed by atoms with van der Waals surface area (Å²) in [4.78, 5) is 16.3. The lowest BCUT2D eigenvalue weighted by Gasteiger charge is -2.11. The van der Waals surface area contributed by atoms with Crippen LogP contribution in [0.4, 0.5) is 9.18 Å². The first-order valence-corrected chi connectivity index (χ1v) is 7.91. The van der Waals surface area contributed by atoms with E-state index in [1.165, 1.54) is 25.0 Å². The van der Waals surface area contributed by atoms with Crippen molar-refractivity contribution in [2.75, 3.05) is 6.54 Å². The number of nitrogens with one attached hydrogen (secondary N) is 2. The highest BCUT2D eigenvalue weighted by molar-refractivity contribution is 5.73. The molecule has 0 radical (unpaired) electrons. The molecule has 1 aliphatic rings. The molecule has 23 heavy (non-hydrogen) atoms. The molecule has 0 aliphatic heterocycles. The molecule has 5 nitrogen and oxygen atoms in total. The molecule has 122 valence electrons. The maximum Gasteiger partial charge on any atom is 0.315 e. The number of carbonyl (C=O) groups is 1. The summed E-state index contributed by atoms with van der Waals surface area (Å²) in [5, 5.41) is 5.61. The third-order valence-electron chi connectivity index (χ3n) is 4.02. The van der Waals surface area contributed by atoms with Gasteiger partial charge in [-0.2, -0.15) is 0 Å². The molecule has 1 saturated carbocycles. The minimum Gasteiger partial charge on any atom is -0.336 e. The number of nitrogens with zero attached hydrogens (tertiary/aromatic N) is 2. The zero-order chi connectivity index (χ0) is 16.2. The number of aryl methyl sites for hydroxylation is 1. The molecule has 1 aromatic carbocycles. The summed E-state index contributed by atoms with van der Waals surface area (Å²) in [5.74, 6) is 1.45. The number of amides is 2. The third kappa shape index (κ3) is 4.09. The standard InChI is InChI=1S/C17H21FN4O/c1-12-10-20-16(14-4-5-14)22(12)9-8-19-17(23)21-11-13-2-6-15(18)7-3-13/h2-3,6-7,10,14H,4-5,8-9,11H2,1H3,(H2,19,21,23). The largest absolute Gasteiger partial charge is 0.336 e. The van der Waals surface area contributed by atoms with E-state index in [0.717, 1.165) is 23.6 Å². The van der Waals surface area contributed by atoms with Crippen molar-refractivity contribution < 1.29 is 9.18 Å². The van der Waals surface area contributed by atoms with Crippen LogP contribution in [0.3, 0.4) is 0 Å². The van der Waals surface area contributed by atoms with Crippen LogP contribution in [0.15, 0.2) is 30.5 Å². The molecule has 0 atom stereocenters. The summed E-state index contributed by atoms with van der Waals surface area (Å²) in [5.41, 5.74) is 1.99. The number of imidazole rings is 1. The second kappa shape index (κ2) is 6.81. The van der Waals surface area contributed by atoms with E-state index in [0.29, 0.717) is 19.0 Å². The fourth-order valence-electron chi connectivity index (χ4n) is 2.57. The number of benzene rings is 1. The van der Waals surface area contributed by atoms with Gasteiger partial charge in [0.1, 0.15) is 11.6 Å². The molecule has 1 heterocycles. The molecule has 3 rings (SSSR count). The Morgan fingerprint density at radius 1 is 1.30 bits per heavy atom. The van der Waals surface area contributed by atoms with Crippen LogP contribution in [0, 0.1) is 12.7 Å². The lowest BCUT2D eigenvalue weighted by atomic mass is 10.2. The second-order valence-electron chi connectivity index (χ2n) is 5.92. The van der Waals surface area contributed by atoms with Crippen LogP contribution in [0.1, 0.15) is 35.8 Å². The van der Waals surface area contributed by atoms with Gasteiger partial charge in [-0.1, -0.05) is 12.1 Å². The van der Waals surface area contributed by atoms with Crippen molar-refractivity contribution in [2.45, 2.75) is 38.8 Å². The highest BCUT2D eigenvalue weighted by Gasteiger charge is 2.28. The SMILES string of the molecule is Cc1cnc(C2CC2)n1CCNC(=O)NCc1ccc(F)cc1. The maximum absolute atomic E-state index is 12.8. The first kappa shape index (κ1) is 15.5. The Labute approximate surface area is 134 Å². The maximum atomic E-state index is 12.8. The van der Waals surface area contributed by atoms with Crippen LogP contribution in [-0.4, -0.2) is 22.1 Å². The normalized spacial score (nSPS) is 13.8. The third-order valence-corrected chi connectivity index (χ3v) is 4.02. The highest BCUT2D eigenvalue weighted by Crippen LogP contribution is 2.39. The molecule has 1 aliphatic carbocycles. The Morgan fingerprint density at radius 2 is 2.04 bits per heavy atom. The van der Waals surface area contributed by atoms with Gasteiger partial charge in [0.15, 0.2) is 0 Å². The minimum atomic E-state index is -0.277. The van der Waals surface area contributed by atoms with Gasteiger partial charge in [-0.05, 0) is 37.5 Å². The van der Waals surface area contributed by atoms with Gasteiger partial charge in [0, 0.05) is 37.4 Å². The van der Waals surface area contributed by atoms with Crippen LogP contribution < -0.4 is 10.6 Å². The quantitative estimate of drug-likeness (QED) is 0.861. The molecule has 2 amide bonds.